The van der Waals surface area contributed by atoms with Crippen molar-refractivity contribution in [3.05, 3.63) is 77.4 Å². The van der Waals surface area contributed by atoms with Crippen molar-refractivity contribution >= 4 is 23.4 Å². The molecule has 0 bridgehead atoms. The zero-order valence-corrected chi connectivity index (χ0v) is 22.1. The molecule has 1 aliphatic carbocycles. The van der Waals surface area contributed by atoms with Crippen LogP contribution in [0.15, 0.2) is 60.7 Å². The number of amides is 3. The molecule has 0 unspecified atom stereocenters. The highest BCUT2D eigenvalue weighted by Gasteiger charge is 2.51. The third kappa shape index (κ3) is 5.18. The van der Waals surface area contributed by atoms with Crippen molar-refractivity contribution in [2.75, 3.05) is 32.8 Å². The summed E-state index contributed by atoms with van der Waals surface area (Å²) >= 11 is 0. The van der Waals surface area contributed by atoms with Crippen molar-refractivity contribution < 1.29 is 30.4 Å². The molecule has 1 saturated carbocycles. The van der Waals surface area contributed by atoms with Gasteiger partial charge in [0.15, 0.2) is 11.5 Å². The van der Waals surface area contributed by atoms with Gasteiger partial charge < -0.3 is 30.1 Å². The van der Waals surface area contributed by atoms with E-state index in [2.05, 4.69) is 10.6 Å². The first-order valence-electron chi connectivity index (χ1n) is 12.8. The lowest BCUT2D eigenvalue weighted by Crippen LogP contribution is -2.35. The highest BCUT2D eigenvalue weighted by Crippen LogP contribution is 2.51. The van der Waals surface area contributed by atoms with Crippen molar-refractivity contribution in [3.63, 3.8) is 0 Å². The first kappa shape index (κ1) is 26.2. The Balaban J connectivity index is 0.00000370. The van der Waals surface area contributed by atoms with Gasteiger partial charge in [0.2, 0.25) is 12.7 Å². The smallest absolute Gasteiger partial charge is 0.253 e. The molecule has 0 spiro atoms. The Morgan fingerprint density at radius 2 is 1.72 bits per heavy atom. The number of hydrogen-bond donors (Lipinski definition) is 3. The molecule has 0 radical (unpaired) electrons. The minimum atomic E-state index is -0.651. The van der Waals surface area contributed by atoms with Crippen LogP contribution in [-0.4, -0.2) is 61.3 Å². The van der Waals surface area contributed by atoms with E-state index < -0.39 is 11.5 Å². The first-order chi connectivity index (χ1) is 18.7. The van der Waals surface area contributed by atoms with Gasteiger partial charge in [-0.2, -0.15) is 0 Å². The second-order valence-corrected chi connectivity index (χ2v) is 10.2. The second kappa shape index (κ2) is 10.4. The van der Waals surface area contributed by atoms with Gasteiger partial charge in [-0.1, -0.05) is 18.2 Å². The van der Waals surface area contributed by atoms with Gasteiger partial charge in [-0.15, -0.1) is 0 Å². The SMILES string of the molecule is C[C@@H](CO)NC(=O)c1ccc(NC(=O)C2(c3ccc4c(c3)OCO4)CC2)cc1-c1ccc(C(=O)N(C)C)cc1.[HH]. The molecule has 3 aromatic carbocycles. The molecular weight excluding hydrogens is 498 g/mol. The van der Waals surface area contributed by atoms with Gasteiger partial charge in [-0.3, -0.25) is 14.4 Å². The fourth-order valence-corrected chi connectivity index (χ4v) is 4.67. The Bertz CT molecular complexity index is 1440. The van der Waals surface area contributed by atoms with Gasteiger partial charge in [-0.25, -0.2) is 0 Å². The van der Waals surface area contributed by atoms with Crippen LogP contribution in [0.1, 0.15) is 47.5 Å². The lowest BCUT2D eigenvalue weighted by Gasteiger charge is -2.19. The first-order valence-corrected chi connectivity index (χ1v) is 12.8. The molecule has 0 saturated heterocycles. The summed E-state index contributed by atoms with van der Waals surface area (Å²) in [6, 6.07) is 17.2. The van der Waals surface area contributed by atoms with Crippen LogP contribution in [0.4, 0.5) is 5.69 Å². The van der Waals surface area contributed by atoms with Crippen LogP contribution in [0.5, 0.6) is 11.5 Å². The molecule has 1 heterocycles. The number of fused-ring (bicyclic) bond motifs is 1. The van der Waals surface area contributed by atoms with Crippen molar-refractivity contribution in [3.8, 4) is 22.6 Å². The molecule has 3 aromatic rings. The van der Waals surface area contributed by atoms with Crippen LogP contribution in [0.3, 0.4) is 0 Å². The van der Waals surface area contributed by atoms with E-state index in [1.807, 2.05) is 18.2 Å². The third-order valence-electron chi connectivity index (χ3n) is 7.13. The number of anilines is 1. The molecule has 1 aliphatic heterocycles. The molecule has 9 nitrogen and oxygen atoms in total. The molecule has 5 rings (SSSR count). The number of nitrogens with one attached hydrogen (secondary N) is 2. The predicted molar refractivity (Wildman–Crippen MR) is 148 cm³/mol. The lowest BCUT2D eigenvalue weighted by molar-refractivity contribution is -0.118. The number of rotatable bonds is 8. The molecule has 1 atom stereocenters. The van der Waals surface area contributed by atoms with Gasteiger partial charge in [0, 0.05) is 38.4 Å². The van der Waals surface area contributed by atoms with Crippen LogP contribution in [0, 0.1) is 0 Å². The Hall–Kier alpha value is -4.37. The van der Waals surface area contributed by atoms with Gasteiger partial charge >= 0.3 is 0 Å². The minimum absolute atomic E-state index is 0. The average molecular weight is 532 g/mol. The highest BCUT2D eigenvalue weighted by atomic mass is 16.7. The molecule has 3 amide bonds. The topological polar surface area (TPSA) is 117 Å². The van der Waals surface area contributed by atoms with Crippen LogP contribution >= 0.6 is 0 Å². The van der Waals surface area contributed by atoms with Crippen LogP contribution in [0.2, 0.25) is 0 Å². The number of carbonyl (C=O) groups excluding carboxylic acids is 3. The van der Waals surface area contributed by atoms with Crippen LogP contribution in [-0.2, 0) is 10.2 Å². The summed E-state index contributed by atoms with van der Waals surface area (Å²) in [6.07, 6.45) is 1.43. The van der Waals surface area contributed by atoms with Crippen molar-refractivity contribution in [2.24, 2.45) is 0 Å². The fourth-order valence-electron chi connectivity index (χ4n) is 4.67. The quantitative estimate of drug-likeness (QED) is 0.407. The lowest BCUT2D eigenvalue weighted by atomic mass is 9.93. The zero-order chi connectivity index (χ0) is 27.7. The average Bonchev–Trinajstić information content (AvgIpc) is 3.63. The summed E-state index contributed by atoms with van der Waals surface area (Å²) in [5.41, 5.74) is 2.97. The zero-order valence-electron chi connectivity index (χ0n) is 22.1. The molecule has 1 fully saturated rings. The summed E-state index contributed by atoms with van der Waals surface area (Å²) in [5, 5.41) is 15.2. The summed E-state index contributed by atoms with van der Waals surface area (Å²) in [7, 11) is 3.37. The van der Waals surface area contributed by atoms with E-state index in [0.717, 1.165) is 5.56 Å². The van der Waals surface area contributed by atoms with E-state index in [1.54, 1.807) is 63.5 Å². The maximum Gasteiger partial charge on any atom is 0.253 e. The van der Waals surface area contributed by atoms with Crippen molar-refractivity contribution in [2.45, 2.75) is 31.2 Å². The van der Waals surface area contributed by atoms with E-state index in [9.17, 15) is 19.5 Å². The molecule has 0 aromatic heterocycles. The Morgan fingerprint density at radius 1 is 1.00 bits per heavy atom. The van der Waals surface area contributed by atoms with Crippen molar-refractivity contribution in [1.82, 2.24) is 10.2 Å². The van der Waals surface area contributed by atoms with Gasteiger partial charge in [0.05, 0.1) is 12.0 Å². The van der Waals surface area contributed by atoms with Gasteiger partial charge in [0.1, 0.15) is 0 Å². The van der Waals surface area contributed by atoms with E-state index in [-0.39, 0.29) is 32.5 Å². The van der Waals surface area contributed by atoms with Crippen molar-refractivity contribution in [1.29, 1.82) is 0 Å². The predicted octanol–water partition coefficient (Wildman–Crippen LogP) is 3.81. The maximum atomic E-state index is 13.5. The highest BCUT2D eigenvalue weighted by molar-refractivity contribution is 6.05. The van der Waals surface area contributed by atoms with E-state index >= 15 is 0 Å². The van der Waals surface area contributed by atoms with E-state index in [1.165, 1.54) is 4.90 Å². The third-order valence-corrected chi connectivity index (χ3v) is 7.13. The largest absolute Gasteiger partial charge is 0.454 e. The number of benzene rings is 3. The monoisotopic (exact) mass is 531 g/mol. The Kier molecular flexibility index (Phi) is 7.01. The normalized spacial score (nSPS) is 15.3. The summed E-state index contributed by atoms with van der Waals surface area (Å²) in [4.78, 5) is 40.4. The number of ether oxygens (including phenoxy) is 2. The fraction of sp³-hybridized carbons (Fsp3) is 0.300. The number of nitrogens with zero attached hydrogens (tertiary/aromatic N) is 1. The summed E-state index contributed by atoms with van der Waals surface area (Å²) < 4.78 is 10.9. The molecule has 39 heavy (non-hydrogen) atoms. The molecule has 9 heteroatoms. The number of aliphatic hydroxyl groups is 1. The second-order valence-electron chi connectivity index (χ2n) is 10.2. The maximum absolute atomic E-state index is 13.5. The number of carbonyl (C=O) groups is 3. The standard InChI is InChI=1S/C30H31N3O6.H2/c1-18(16-34)31-27(35)23-10-9-22(15-24(23)19-4-6-20(7-5-19)28(36)33(2)3)32-29(37)30(12-13-30)21-8-11-25-26(14-21)39-17-38-25;/h4-11,14-15,18,34H,12-13,16-17H2,1-3H3,(H,31,35)(H,32,37);1H/t18-;/m0./s1. The van der Waals surface area contributed by atoms with Crippen LogP contribution in [0.25, 0.3) is 11.1 Å². The Labute approximate surface area is 228 Å². The number of hydrogen-bond acceptors (Lipinski definition) is 6. The van der Waals surface area contributed by atoms with E-state index in [0.29, 0.717) is 52.3 Å². The Morgan fingerprint density at radius 3 is 2.38 bits per heavy atom. The number of aliphatic hydroxyl groups excluding tert-OH is 1. The molecule has 2 aliphatic rings. The minimum Gasteiger partial charge on any atom is -0.454 e. The molecule has 3 N–H and O–H groups in total. The summed E-state index contributed by atoms with van der Waals surface area (Å²) in [5.74, 6) is 0.692. The van der Waals surface area contributed by atoms with E-state index in [4.69, 9.17) is 9.47 Å². The van der Waals surface area contributed by atoms with Crippen LogP contribution < -0.4 is 20.1 Å². The molecular formula is C30H33N3O6. The molecule has 204 valence electrons. The van der Waals surface area contributed by atoms with Gasteiger partial charge in [0.25, 0.3) is 11.8 Å². The van der Waals surface area contributed by atoms with Gasteiger partial charge in [-0.05, 0) is 78.9 Å². The summed E-state index contributed by atoms with van der Waals surface area (Å²) in [6.45, 7) is 1.68.